The number of ether oxygens (including phenoxy) is 1. The average molecular weight is 282 g/mol. The van der Waals surface area contributed by atoms with Crippen molar-refractivity contribution < 1.29 is 19.7 Å². The van der Waals surface area contributed by atoms with Gasteiger partial charge in [-0.25, -0.2) is 4.79 Å². The van der Waals surface area contributed by atoms with Gasteiger partial charge in [0.15, 0.2) is 0 Å². The van der Waals surface area contributed by atoms with Crippen LogP contribution in [0.15, 0.2) is 12.1 Å². The summed E-state index contributed by atoms with van der Waals surface area (Å²) >= 11 is 0. The van der Waals surface area contributed by atoms with Crippen LogP contribution < -0.4 is 11.1 Å². The molecule has 20 heavy (non-hydrogen) atoms. The summed E-state index contributed by atoms with van der Waals surface area (Å²) in [7, 11) is 1.29. The number of aliphatic hydroxyl groups is 2. The van der Waals surface area contributed by atoms with Crippen LogP contribution in [0, 0.1) is 6.92 Å². The molecule has 0 saturated heterocycles. The summed E-state index contributed by atoms with van der Waals surface area (Å²) in [5, 5.41) is 22.0. The number of rotatable bonds is 6. The van der Waals surface area contributed by atoms with E-state index in [0.717, 1.165) is 5.56 Å². The van der Waals surface area contributed by atoms with Gasteiger partial charge in [-0.05, 0) is 31.0 Å². The molecule has 0 aliphatic rings. The maximum absolute atomic E-state index is 11.7. The van der Waals surface area contributed by atoms with E-state index in [-0.39, 0.29) is 18.8 Å². The van der Waals surface area contributed by atoms with Crippen molar-refractivity contribution in [2.24, 2.45) is 0 Å². The number of nitrogen functional groups attached to an aromatic ring is 1. The van der Waals surface area contributed by atoms with Crippen LogP contribution in [0.4, 0.5) is 11.4 Å². The lowest BCUT2D eigenvalue weighted by Gasteiger charge is -2.31. The number of aliphatic hydroxyl groups excluding tert-OH is 2. The number of hydrogen-bond donors (Lipinski definition) is 4. The summed E-state index contributed by atoms with van der Waals surface area (Å²) in [6, 6.07) is 3.32. The Kier molecular flexibility index (Phi) is 5.35. The van der Waals surface area contributed by atoms with E-state index < -0.39 is 11.5 Å². The van der Waals surface area contributed by atoms with Crippen LogP contribution in [0.25, 0.3) is 0 Å². The molecule has 0 atom stereocenters. The molecule has 0 radical (unpaired) electrons. The number of nitrogens with one attached hydrogen (secondary N) is 1. The zero-order valence-corrected chi connectivity index (χ0v) is 12.1. The fourth-order valence-electron chi connectivity index (χ4n) is 1.90. The number of benzene rings is 1. The van der Waals surface area contributed by atoms with Crippen molar-refractivity contribution in [3.05, 3.63) is 23.3 Å². The first kappa shape index (κ1) is 16.3. The van der Waals surface area contributed by atoms with Gasteiger partial charge in [-0.15, -0.1) is 0 Å². The quantitative estimate of drug-likeness (QED) is 0.456. The van der Waals surface area contributed by atoms with Gasteiger partial charge < -0.3 is 26.0 Å². The molecule has 0 amide bonds. The normalized spacial score (nSPS) is 11.2. The van der Waals surface area contributed by atoms with E-state index in [1.165, 1.54) is 7.11 Å². The summed E-state index contributed by atoms with van der Waals surface area (Å²) in [5.41, 5.74) is 6.96. The van der Waals surface area contributed by atoms with Gasteiger partial charge in [0.2, 0.25) is 0 Å². The Morgan fingerprint density at radius 3 is 2.45 bits per heavy atom. The van der Waals surface area contributed by atoms with Gasteiger partial charge in [0.25, 0.3) is 0 Å². The maximum Gasteiger partial charge on any atom is 0.340 e. The number of carbonyl (C=O) groups excluding carboxylic acids is 1. The molecule has 0 heterocycles. The van der Waals surface area contributed by atoms with E-state index in [1.54, 1.807) is 19.1 Å². The molecule has 1 rings (SSSR count). The number of carbonyl (C=O) groups is 1. The van der Waals surface area contributed by atoms with Gasteiger partial charge in [0.1, 0.15) is 0 Å². The minimum atomic E-state index is -0.837. The number of esters is 1. The third kappa shape index (κ3) is 3.20. The molecule has 0 aliphatic heterocycles. The molecule has 112 valence electrons. The lowest BCUT2D eigenvalue weighted by atomic mass is 9.97. The standard InChI is InChI=1S/C14H22N2O4/c1-4-14(7-17,8-18)16-10-5-9(2)12(15)11(6-10)13(19)20-3/h5-6,16-18H,4,7-8,15H2,1-3H3. The van der Waals surface area contributed by atoms with Crippen LogP contribution in [0.1, 0.15) is 29.3 Å². The van der Waals surface area contributed by atoms with E-state index in [1.807, 2.05) is 6.92 Å². The van der Waals surface area contributed by atoms with Crippen LogP contribution in [-0.4, -0.2) is 42.0 Å². The molecule has 1 aromatic rings. The van der Waals surface area contributed by atoms with E-state index in [4.69, 9.17) is 10.5 Å². The van der Waals surface area contributed by atoms with Crippen molar-refractivity contribution >= 4 is 17.3 Å². The average Bonchev–Trinajstić information content (AvgIpc) is 2.47. The Balaban J connectivity index is 3.20. The number of aryl methyl sites for hydroxylation is 1. The molecule has 0 fully saturated rings. The van der Waals surface area contributed by atoms with Crippen LogP contribution >= 0.6 is 0 Å². The number of anilines is 2. The largest absolute Gasteiger partial charge is 0.465 e. The van der Waals surface area contributed by atoms with E-state index in [2.05, 4.69) is 5.32 Å². The Morgan fingerprint density at radius 2 is 2.00 bits per heavy atom. The SMILES string of the molecule is CCC(CO)(CO)Nc1cc(C)c(N)c(C(=O)OC)c1. The summed E-state index contributed by atoms with van der Waals surface area (Å²) in [6.07, 6.45) is 0.525. The van der Waals surface area contributed by atoms with Gasteiger partial charge >= 0.3 is 5.97 Å². The number of hydrogen-bond acceptors (Lipinski definition) is 6. The molecule has 6 heteroatoms. The predicted octanol–water partition coefficient (Wildman–Crippen LogP) is 0.909. The van der Waals surface area contributed by atoms with Crippen molar-refractivity contribution in [1.82, 2.24) is 0 Å². The molecule has 1 aromatic carbocycles. The summed E-state index contributed by atoms with van der Waals surface area (Å²) in [5.74, 6) is -0.524. The van der Waals surface area contributed by atoms with Crippen molar-refractivity contribution in [3.8, 4) is 0 Å². The second kappa shape index (κ2) is 6.58. The first-order chi connectivity index (χ1) is 9.42. The number of nitrogens with two attached hydrogens (primary N) is 1. The van der Waals surface area contributed by atoms with Gasteiger partial charge in [-0.3, -0.25) is 0 Å². The molecule has 0 aliphatic carbocycles. The van der Waals surface area contributed by atoms with E-state index >= 15 is 0 Å². The van der Waals surface area contributed by atoms with Crippen LogP contribution in [0.3, 0.4) is 0 Å². The van der Waals surface area contributed by atoms with Crippen LogP contribution in [-0.2, 0) is 4.74 Å². The third-order valence-electron chi connectivity index (χ3n) is 3.48. The summed E-state index contributed by atoms with van der Waals surface area (Å²) in [4.78, 5) is 11.7. The molecule has 0 aromatic heterocycles. The van der Waals surface area contributed by atoms with Crippen molar-refractivity contribution in [2.75, 3.05) is 31.4 Å². The highest BCUT2D eigenvalue weighted by Gasteiger charge is 2.27. The van der Waals surface area contributed by atoms with Crippen molar-refractivity contribution in [2.45, 2.75) is 25.8 Å². The summed E-state index contributed by atoms with van der Waals surface area (Å²) < 4.78 is 4.69. The minimum Gasteiger partial charge on any atom is -0.465 e. The number of methoxy groups -OCH3 is 1. The van der Waals surface area contributed by atoms with E-state index in [0.29, 0.717) is 17.8 Å². The first-order valence-electron chi connectivity index (χ1n) is 6.41. The third-order valence-corrected chi connectivity index (χ3v) is 3.48. The van der Waals surface area contributed by atoms with E-state index in [9.17, 15) is 15.0 Å². The second-order valence-electron chi connectivity index (χ2n) is 4.82. The van der Waals surface area contributed by atoms with Crippen LogP contribution in [0.5, 0.6) is 0 Å². The molecule has 6 nitrogen and oxygen atoms in total. The van der Waals surface area contributed by atoms with Crippen molar-refractivity contribution in [1.29, 1.82) is 0 Å². The van der Waals surface area contributed by atoms with Gasteiger partial charge in [-0.2, -0.15) is 0 Å². The lowest BCUT2D eigenvalue weighted by Crippen LogP contribution is -2.45. The molecular formula is C14H22N2O4. The Labute approximate surface area is 118 Å². The Bertz CT molecular complexity index is 476. The lowest BCUT2D eigenvalue weighted by molar-refractivity contribution is 0.0602. The maximum atomic E-state index is 11.7. The Hall–Kier alpha value is -1.79. The van der Waals surface area contributed by atoms with Gasteiger partial charge in [-0.1, -0.05) is 6.92 Å². The van der Waals surface area contributed by atoms with Crippen LogP contribution in [0.2, 0.25) is 0 Å². The highest BCUT2D eigenvalue weighted by molar-refractivity contribution is 5.97. The zero-order valence-electron chi connectivity index (χ0n) is 12.1. The Morgan fingerprint density at radius 1 is 1.40 bits per heavy atom. The zero-order chi connectivity index (χ0) is 15.3. The van der Waals surface area contributed by atoms with Crippen molar-refractivity contribution in [3.63, 3.8) is 0 Å². The fraction of sp³-hybridized carbons (Fsp3) is 0.500. The van der Waals surface area contributed by atoms with Gasteiger partial charge in [0, 0.05) is 11.4 Å². The second-order valence-corrected chi connectivity index (χ2v) is 4.82. The molecular weight excluding hydrogens is 260 g/mol. The first-order valence-corrected chi connectivity index (χ1v) is 6.41. The van der Waals surface area contributed by atoms with Gasteiger partial charge in [0.05, 0.1) is 31.4 Å². The fourth-order valence-corrected chi connectivity index (χ4v) is 1.90. The monoisotopic (exact) mass is 282 g/mol. The molecule has 5 N–H and O–H groups in total. The summed E-state index contributed by atoms with van der Waals surface area (Å²) in [6.45, 7) is 3.18. The smallest absolute Gasteiger partial charge is 0.340 e. The molecule has 0 bridgehead atoms. The molecule has 0 spiro atoms. The highest BCUT2D eigenvalue weighted by atomic mass is 16.5. The topological polar surface area (TPSA) is 105 Å². The molecule has 0 saturated carbocycles. The predicted molar refractivity (Wildman–Crippen MR) is 77.7 cm³/mol. The minimum absolute atomic E-state index is 0.225. The highest BCUT2D eigenvalue weighted by Crippen LogP contribution is 2.26. The molecule has 0 unspecified atom stereocenters.